The van der Waals surface area contributed by atoms with Gasteiger partial charge in [-0.3, -0.25) is 4.79 Å². The second-order valence-corrected chi connectivity index (χ2v) is 5.18. The Morgan fingerprint density at radius 2 is 1.95 bits per heavy atom. The van der Waals surface area contributed by atoms with E-state index in [4.69, 9.17) is 5.73 Å². The molecular formula is C16H24N2O. The zero-order valence-corrected chi connectivity index (χ0v) is 11.9. The number of nitrogen functional groups attached to an aromatic ring is 1. The molecule has 0 aliphatic heterocycles. The van der Waals surface area contributed by atoms with Gasteiger partial charge in [-0.15, -0.1) is 0 Å². The molecular weight excluding hydrogens is 236 g/mol. The quantitative estimate of drug-likeness (QED) is 0.449. The van der Waals surface area contributed by atoms with Gasteiger partial charge in [0.05, 0.1) is 0 Å². The minimum absolute atomic E-state index is 0.0404. The van der Waals surface area contributed by atoms with E-state index in [2.05, 4.69) is 19.2 Å². The molecule has 104 valence electrons. The summed E-state index contributed by atoms with van der Waals surface area (Å²) in [6.07, 6.45) is 6.78. The zero-order chi connectivity index (χ0) is 14.1. The number of rotatable bonds is 7. The van der Waals surface area contributed by atoms with Crippen molar-refractivity contribution in [2.45, 2.75) is 33.1 Å². The Morgan fingerprint density at radius 1 is 1.26 bits per heavy atom. The predicted octanol–water partition coefficient (Wildman–Crippen LogP) is 3.22. The second-order valence-electron chi connectivity index (χ2n) is 5.18. The number of anilines is 1. The molecule has 0 spiro atoms. The first kappa shape index (κ1) is 15.3. The van der Waals surface area contributed by atoms with E-state index < -0.39 is 0 Å². The van der Waals surface area contributed by atoms with Gasteiger partial charge in [0.1, 0.15) is 0 Å². The number of nitrogens with one attached hydrogen (secondary N) is 1. The summed E-state index contributed by atoms with van der Waals surface area (Å²) in [5, 5.41) is 2.89. The van der Waals surface area contributed by atoms with Crippen LogP contribution in [-0.2, 0) is 4.79 Å². The zero-order valence-electron chi connectivity index (χ0n) is 11.9. The maximum atomic E-state index is 11.6. The Hall–Kier alpha value is -1.77. The fraction of sp³-hybridized carbons (Fsp3) is 0.438. The molecule has 3 N–H and O–H groups in total. The monoisotopic (exact) mass is 260 g/mol. The van der Waals surface area contributed by atoms with Gasteiger partial charge >= 0.3 is 0 Å². The van der Waals surface area contributed by atoms with Crippen LogP contribution in [0, 0.1) is 5.92 Å². The fourth-order valence-corrected chi connectivity index (χ4v) is 1.73. The second kappa shape index (κ2) is 8.35. The van der Waals surface area contributed by atoms with Gasteiger partial charge in [-0.25, -0.2) is 0 Å². The highest BCUT2D eigenvalue weighted by atomic mass is 16.1. The van der Waals surface area contributed by atoms with Crippen molar-refractivity contribution in [3.8, 4) is 0 Å². The Morgan fingerprint density at radius 3 is 2.58 bits per heavy atom. The number of amides is 1. The SMILES string of the molecule is CC(C)CCCCNC(=O)/C=C/c1ccc(N)cc1. The number of unbranched alkanes of at least 4 members (excludes halogenated alkanes) is 1. The van der Waals surface area contributed by atoms with Crippen LogP contribution in [0.5, 0.6) is 0 Å². The van der Waals surface area contributed by atoms with E-state index in [0.717, 1.165) is 30.1 Å². The summed E-state index contributed by atoms with van der Waals surface area (Å²) in [6, 6.07) is 7.43. The molecule has 0 saturated heterocycles. The van der Waals surface area contributed by atoms with Crippen molar-refractivity contribution >= 4 is 17.7 Å². The summed E-state index contributed by atoms with van der Waals surface area (Å²) < 4.78 is 0. The van der Waals surface area contributed by atoms with Gasteiger partial charge in [0.15, 0.2) is 0 Å². The standard InChI is InChI=1S/C16H24N2O/c1-13(2)5-3-4-12-18-16(19)11-8-14-6-9-15(17)10-7-14/h6-11,13H,3-5,12,17H2,1-2H3,(H,18,19)/b11-8+. The number of benzene rings is 1. The molecule has 0 aliphatic rings. The highest BCUT2D eigenvalue weighted by Crippen LogP contribution is 2.07. The molecule has 0 fully saturated rings. The molecule has 0 aliphatic carbocycles. The van der Waals surface area contributed by atoms with E-state index in [1.54, 1.807) is 12.2 Å². The van der Waals surface area contributed by atoms with Gasteiger partial charge in [0, 0.05) is 18.3 Å². The highest BCUT2D eigenvalue weighted by Gasteiger charge is 1.97. The molecule has 0 unspecified atom stereocenters. The molecule has 0 radical (unpaired) electrons. The Bertz CT molecular complexity index is 407. The van der Waals surface area contributed by atoms with E-state index >= 15 is 0 Å². The van der Waals surface area contributed by atoms with Crippen molar-refractivity contribution < 1.29 is 4.79 Å². The van der Waals surface area contributed by atoms with Crippen LogP contribution in [0.3, 0.4) is 0 Å². The van der Waals surface area contributed by atoms with Crippen LogP contribution in [0.15, 0.2) is 30.3 Å². The van der Waals surface area contributed by atoms with Crippen LogP contribution >= 0.6 is 0 Å². The fourth-order valence-electron chi connectivity index (χ4n) is 1.73. The number of hydrogen-bond acceptors (Lipinski definition) is 2. The average Bonchev–Trinajstić information content (AvgIpc) is 2.37. The maximum absolute atomic E-state index is 11.6. The molecule has 0 aromatic heterocycles. The molecule has 0 atom stereocenters. The summed E-state index contributed by atoms with van der Waals surface area (Å²) in [4.78, 5) is 11.6. The lowest BCUT2D eigenvalue weighted by molar-refractivity contribution is -0.116. The molecule has 1 aromatic carbocycles. The van der Waals surface area contributed by atoms with E-state index in [0.29, 0.717) is 0 Å². The van der Waals surface area contributed by atoms with Crippen molar-refractivity contribution in [2.24, 2.45) is 5.92 Å². The van der Waals surface area contributed by atoms with E-state index in [9.17, 15) is 4.79 Å². The maximum Gasteiger partial charge on any atom is 0.243 e. The van der Waals surface area contributed by atoms with Crippen molar-refractivity contribution in [3.05, 3.63) is 35.9 Å². The Labute approximate surface area is 115 Å². The van der Waals surface area contributed by atoms with Gasteiger partial charge in [0.25, 0.3) is 0 Å². The van der Waals surface area contributed by atoms with Crippen LogP contribution in [0.1, 0.15) is 38.7 Å². The first-order chi connectivity index (χ1) is 9.08. The third-order valence-corrected chi connectivity index (χ3v) is 2.87. The van der Waals surface area contributed by atoms with Gasteiger partial charge in [0.2, 0.25) is 5.91 Å². The topological polar surface area (TPSA) is 55.1 Å². The third-order valence-electron chi connectivity index (χ3n) is 2.87. The lowest BCUT2D eigenvalue weighted by atomic mass is 10.1. The molecule has 1 amide bonds. The lowest BCUT2D eigenvalue weighted by Gasteiger charge is -2.04. The van der Waals surface area contributed by atoms with Crippen LogP contribution in [0.4, 0.5) is 5.69 Å². The first-order valence-corrected chi connectivity index (χ1v) is 6.89. The van der Waals surface area contributed by atoms with Crippen LogP contribution in [-0.4, -0.2) is 12.5 Å². The summed E-state index contributed by atoms with van der Waals surface area (Å²) >= 11 is 0. The highest BCUT2D eigenvalue weighted by molar-refractivity contribution is 5.91. The smallest absolute Gasteiger partial charge is 0.243 e. The van der Waals surface area contributed by atoms with Gasteiger partial charge in [-0.1, -0.05) is 38.8 Å². The number of carbonyl (C=O) groups excluding carboxylic acids is 1. The van der Waals surface area contributed by atoms with Gasteiger partial charge in [-0.2, -0.15) is 0 Å². The average molecular weight is 260 g/mol. The van der Waals surface area contributed by atoms with Crippen molar-refractivity contribution in [1.29, 1.82) is 0 Å². The predicted molar refractivity (Wildman–Crippen MR) is 81.6 cm³/mol. The number of carbonyl (C=O) groups is 1. The molecule has 1 aromatic rings. The van der Waals surface area contributed by atoms with E-state index in [-0.39, 0.29) is 5.91 Å². The van der Waals surface area contributed by atoms with E-state index in [1.165, 1.54) is 12.8 Å². The minimum atomic E-state index is -0.0404. The molecule has 19 heavy (non-hydrogen) atoms. The van der Waals surface area contributed by atoms with Crippen molar-refractivity contribution in [2.75, 3.05) is 12.3 Å². The summed E-state index contributed by atoms with van der Waals surface area (Å²) in [7, 11) is 0. The first-order valence-electron chi connectivity index (χ1n) is 6.89. The third kappa shape index (κ3) is 7.29. The van der Waals surface area contributed by atoms with Gasteiger partial charge in [-0.05, 0) is 36.1 Å². The number of hydrogen-bond donors (Lipinski definition) is 2. The molecule has 0 bridgehead atoms. The molecule has 0 heterocycles. The van der Waals surface area contributed by atoms with Crippen molar-refractivity contribution in [3.63, 3.8) is 0 Å². The Balaban J connectivity index is 2.22. The normalized spacial score (nSPS) is 11.1. The molecule has 3 heteroatoms. The molecule has 0 saturated carbocycles. The van der Waals surface area contributed by atoms with Crippen molar-refractivity contribution in [1.82, 2.24) is 5.32 Å². The van der Waals surface area contributed by atoms with E-state index in [1.807, 2.05) is 24.3 Å². The van der Waals surface area contributed by atoms with Crippen LogP contribution in [0.2, 0.25) is 0 Å². The van der Waals surface area contributed by atoms with Gasteiger partial charge < -0.3 is 11.1 Å². The van der Waals surface area contributed by atoms with Crippen LogP contribution < -0.4 is 11.1 Å². The lowest BCUT2D eigenvalue weighted by Crippen LogP contribution is -2.22. The molecule has 1 rings (SSSR count). The number of nitrogens with two attached hydrogens (primary N) is 1. The molecule has 3 nitrogen and oxygen atoms in total. The summed E-state index contributed by atoms with van der Waals surface area (Å²) in [6.45, 7) is 5.18. The largest absolute Gasteiger partial charge is 0.399 e. The van der Waals surface area contributed by atoms with Crippen LogP contribution in [0.25, 0.3) is 6.08 Å². The summed E-state index contributed by atoms with van der Waals surface area (Å²) in [5.41, 5.74) is 7.30. The minimum Gasteiger partial charge on any atom is -0.399 e. The Kier molecular flexibility index (Phi) is 6.72. The summed E-state index contributed by atoms with van der Waals surface area (Å²) in [5.74, 6) is 0.697.